The Labute approximate surface area is 201 Å². The van der Waals surface area contributed by atoms with Crippen LogP contribution >= 0.6 is 0 Å². The van der Waals surface area contributed by atoms with Crippen molar-refractivity contribution in [3.05, 3.63) is 94.9 Å². The average molecular weight is 456 g/mol. The number of rotatable bonds is 7. The van der Waals surface area contributed by atoms with E-state index in [1.165, 1.54) is 5.56 Å². The Balaban J connectivity index is 1.27. The third-order valence-electron chi connectivity index (χ3n) is 6.62. The summed E-state index contributed by atoms with van der Waals surface area (Å²) in [4.78, 5) is 15.9. The van der Waals surface area contributed by atoms with Crippen molar-refractivity contribution in [2.75, 3.05) is 13.1 Å². The van der Waals surface area contributed by atoms with Gasteiger partial charge in [-0.3, -0.25) is 14.0 Å². The third-order valence-corrected chi connectivity index (χ3v) is 6.62. The fraction of sp³-hybridized carbons (Fsp3) is 0.345. The first-order valence-electron chi connectivity index (χ1n) is 12.3. The fourth-order valence-corrected chi connectivity index (χ4v) is 5.05. The van der Waals surface area contributed by atoms with E-state index in [-0.39, 0.29) is 11.7 Å². The lowest BCUT2D eigenvalue weighted by Gasteiger charge is -2.32. The van der Waals surface area contributed by atoms with Gasteiger partial charge in [0.15, 0.2) is 0 Å². The molecule has 1 fully saturated rings. The van der Waals surface area contributed by atoms with Crippen LogP contribution in [0.1, 0.15) is 38.3 Å². The van der Waals surface area contributed by atoms with Gasteiger partial charge in [0.2, 0.25) is 0 Å². The quantitative estimate of drug-likeness (QED) is 0.339. The van der Waals surface area contributed by atoms with Gasteiger partial charge in [-0.05, 0) is 60.7 Å². The Morgan fingerprint density at radius 3 is 2.26 bits per heavy atom. The Hall–Kier alpha value is -3.31. The van der Waals surface area contributed by atoms with Gasteiger partial charge in [0, 0.05) is 32.2 Å². The zero-order chi connectivity index (χ0) is 23.5. The Morgan fingerprint density at radius 1 is 0.853 bits per heavy atom. The fourth-order valence-electron chi connectivity index (χ4n) is 5.05. The lowest BCUT2D eigenvalue weighted by molar-refractivity contribution is 0.179. The van der Waals surface area contributed by atoms with Crippen LogP contribution in [0.5, 0.6) is 11.5 Å². The maximum atomic E-state index is 13.4. The largest absolute Gasteiger partial charge is 0.457 e. The van der Waals surface area contributed by atoms with Crippen LogP contribution in [0.3, 0.4) is 0 Å². The lowest BCUT2D eigenvalue weighted by Crippen LogP contribution is -2.37. The van der Waals surface area contributed by atoms with Gasteiger partial charge in [-0.2, -0.15) is 0 Å². The predicted octanol–water partition coefficient (Wildman–Crippen LogP) is 6.09. The molecule has 0 saturated carbocycles. The number of ether oxygens (including phenoxy) is 1. The standard InChI is InChI=1S/C29H33N3O2/c1-22(2)20-31-27-13-6-7-14-28(27)32(29(31)33)24-15-17-30(18-16-24)21-23-9-8-12-26(19-23)34-25-10-4-3-5-11-25/h3-14,19,22,24H,15-18,20-21H2,1-2H3. The molecule has 5 nitrogen and oxygen atoms in total. The highest BCUT2D eigenvalue weighted by atomic mass is 16.5. The number of benzene rings is 3. The number of piperidine rings is 1. The molecule has 1 saturated heterocycles. The van der Waals surface area contributed by atoms with Crippen molar-refractivity contribution in [3.8, 4) is 11.5 Å². The second-order valence-electron chi connectivity index (χ2n) is 9.72. The molecule has 0 spiro atoms. The maximum Gasteiger partial charge on any atom is 0.329 e. The topological polar surface area (TPSA) is 39.4 Å². The van der Waals surface area contributed by atoms with Crippen LogP contribution in [-0.4, -0.2) is 27.1 Å². The smallest absolute Gasteiger partial charge is 0.329 e. The molecule has 4 aromatic rings. The molecule has 34 heavy (non-hydrogen) atoms. The summed E-state index contributed by atoms with van der Waals surface area (Å²) in [7, 11) is 0. The van der Waals surface area contributed by atoms with Gasteiger partial charge in [0.25, 0.3) is 0 Å². The molecule has 0 radical (unpaired) electrons. The van der Waals surface area contributed by atoms with Gasteiger partial charge >= 0.3 is 5.69 Å². The Kier molecular flexibility index (Phi) is 6.54. The van der Waals surface area contributed by atoms with Crippen molar-refractivity contribution in [2.24, 2.45) is 5.92 Å². The van der Waals surface area contributed by atoms with Crippen molar-refractivity contribution < 1.29 is 4.74 Å². The normalized spacial score (nSPS) is 15.3. The number of hydrogen-bond acceptors (Lipinski definition) is 3. The van der Waals surface area contributed by atoms with E-state index in [1.54, 1.807) is 0 Å². The summed E-state index contributed by atoms with van der Waals surface area (Å²) in [6, 6.07) is 26.7. The number of likely N-dealkylation sites (tertiary alicyclic amines) is 1. The summed E-state index contributed by atoms with van der Waals surface area (Å²) in [6.07, 6.45) is 1.96. The second kappa shape index (κ2) is 9.90. The molecular weight excluding hydrogens is 422 g/mol. The van der Waals surface area contributed by atoms with Crippen molar-refractivity contribution in [3.63, 3.8) is 0 Å². The van der Waals surface area contributed by atoms with Crippen LogP contribution in [0.25, 0.3) is 11.0 Å². The lowest BCUT2D eigenvalue weighted by atomic mass is 10.0. The highest BCUT2D eigenvalue weighted by Gasteiger charge is 2.25. The van der Waals surface area contributed by atoms with Crippen LogP contribution in [0.2, 0.25) is 0 Å². The summed E-state index contributed by atoms with van der Waals surface area (Å²) < 4.78 is 10.0. The molecule has 0 amide bonds. The van der Waals surface area contributed by atoms with Gasteiger partial charge in [-0.15, -0.1) is 0 Å². The van der Waals surface area contributed by atoms with Crippen molar-refractivity contribution in [2.45, 2.75) is 45.8 Å². The van der Waals surface area contributed by atoms with Gasteiger partial charge in [-0.25, -0.2) is 4.79 Å². The molecule has 1 aliphatic rings. The summed E-state index contributed by atoms with van der Waals surface area (Å²) in [5, 5.41) is 0. The molecule has 5 heteroatoms. The van der Waals surface area contributed by atoms with Crippen molar-refractivity contribution in [1.82, 2.24) is 14.0 Å². The molecule has 176 valence electrons. The molecular formula is C29H33N3O2. The monoisotopic (exact) mass is 455 g/mol. The van der Waals surface area contributed by atoms with E-state index in [1.807, 2.05) is 53.1 Å². The van der Waals surface area contributed by atoms with E-state index < -0.39 is 0 Å². The van der Waals surface area contributed by atoms with Crippen LogP contribution in [0, 0.1) is 5.92 Å². The minimum absolute atomic E-state index is 0.138. The molecule has 0 bridgehead atoms. The molecule has 2 heterocycles. The summed E-state index contributed by atoms with van der Waals surface area (Å²) >= 11 is 0. The second-order valence-corrected chi connectivity index (χ2v) is 9.72. The average Bonchev–Trinajstić information content (AvgIpc) is 3.11. The maximum absolute atomic E-state index is 13.4. The minimum atomic E-state index is 0.138. The van der Waals surface area contributed by atoms with Crippen LogP contribution in [-0.2, 0) is 13.1 Å². The van der Waals surface area contributed by atoms with Gasteiger partial charge < -0.3 is 4.74 Å². The Morgan fingerprint density at radius 2 is 1.53 bits per heavy atom. The zero-order valence-electron chi connectivity index (χ0n) is 20.1. The highest BCUT2D eigenvalue weighted by molar-refractivity contribution is 5.76. The van der Waals surface area contributed by atoms with Gasteiger partial charge in [0.05, 0.1) is 11.0 Å². The SMILES string of the molecule is CC(C)Cn1c(=O)n(C2CCN(Cc3cccc(Oc4ccccc4)c3)CC2)c2ccccc21. The number of nitrogens with zero attached hydrogens (tertiary/aromatic N) is 3. The molecule has 0 atom stereocenters. The van der Waals surface area contributed by atoms with Crippen molar-refractivity contribution in [1.29, 1.82) is 0 Å². The van der Waals surface area contributed by atoms with Crippen LogP contribution in [0.15, 0.2) is 83.7 Å². The molecule has 1 aromatic heterocycles. The number of aromatic nitrogens is 2. The first-order chi connectivity index (χ1) is 16.6. The van der Waals surface area contributed by atoms with Gasteiger partial charge in [-0.1, -0.05) is 56.3 Å². The minimum Gasteiger partial charge on any atom is -0.457 e. The molecule has 5 rings (SSSR count). The third kappa shape index (κ3) is 4.80. The zero-order valence-corrected chi connectivity index (χ0v) is 20.1. The van der Waals surface area contributed by atoms with Crippen LogP contribution < -0.4 is 10.4 Å². The summed E-state index contributed by atoms with van der Waals surface area (Å²) in [5.74, 6) is 2.14. The van der Waals surface area contributed by atoms with E-state index in [0.717, 1.165) is 61.6 Å². The van der Waals surface area contributed by atoms with Crippen molar-refractivity contribution >= 4 is 11.0 Å². The van der Waals surface area contributed by atoms with E-state index in [2.05, 4.69) is 53.6 Å². The summed E-state index contributed by atoms with van der Waals surface area (Å²) in [6.45, 7) is 7.93. The number of imidazole rings is 1. The molecule has 0 N–H and O–H groups in total. The first-order valence-corrected chi connectivity index (χ1v) is 12.3. The number of para-hydroxylation sites is 3. The van der Waals surface area contributed by atoms with E-state index in [9.17, 15) is 4.79 Å². The van der Waals surface area contributed by atoms with E-state index in [0.29, 0.717) is 5.92 Å². The van der Waals surface area contributed by atoms with Gasteiger partial charge in [0.1, 0.15) is 11.5 Å². The highest BCUT2D eigenvalue weighted by Crippen LogP contribution is 2.28. The molecule has 0 aliphatic carbocycles. The summed E-state index contributed by atoms with van der Waals surface area (Å²) in [5.41, 5.74) is 3.51. The number of fused-ring (bicyclic) bond motifs is 1. The molecule has 1 aliphatic heterocycles. The molecule has 3 aromatic carbocycles. The van der Waals surface area contributed by atoms with E-state index in [4.69, 9.17) is 4.74 Å². The predicted molar refractivity (Wildman–Crippen MR) is 138 cm³/mol. The van der Waals surface area contributed by atoms with Crippen LogP contribution in [0.4, 0.5) is 0 Å². The number of hydrogen-bond donors (Lipinski definition) is 0. The first kappa shape index (κ1) is 22.5. The Bertz CT molecular complexity index is 1300. The molecule has 0 unspecified atom stereocenters. The van der Waals surface area contributed by atoms with E-state index >= 15 is 0 Å².